The van der Waals surface area contributed by atoms with Gasteiger partial charge in [0.2, 0.25) is 0 Å². The standard InChI is InChI=1S/C18H15FN4O/c19-14-10-12-4-3-7-21-18(12)13(11-20)17(14)15-6-8-22-23(15)16-5-1-2-9-24-16/h3-4,6-8,10,16H,1-2,5,9H2. The second-order valence-electron chi connectivity index (χ2n) is 5.78. The van der Waals surface area contributed by atoms with Gasteiger partial charge in [-0.1, -0.05) is 6.07 Å². The quantitative estimate of drug-likeness (QED) is 0.720. The topological polar surface area (TPSA) is 63.7 Å². The monoisotopic (exact) mass is 322 g/mol. The highest BCUT2D eigenvalue weighted by Gasteiger charge is 2.24. The van der Waals surface area contributed by atoms with Crippen LogP contribution in [0.25, 0.3) is 22.2 Å². The minimum Gasteiger partial charge on any atom is -0.356 e. The van der Waals surface area contributed by atoms with Gasteiger partial charge in [0.25, 0.3) is 0 Å². The molecule has 1 aliphatic heterocycles. The van der Waals surface area contributed by atoms with Crippen molar-refractivity contribution in [2.45, 2.75) is 25.5 Å². The second-order valence-corrected chi connectivity index (χ2v) is 5.78. The fourth-order valence-corrected chi connectivity index (χ4v) is 3.21. The molecule has 0 aliphatic carbocycles. The molecule has 4 rings (SSSR count). The summed E-state index contributed by atoms with van der Waals surface area (Å²) in [5.41, 5.74) is 1.50. The van der Waals surface area contributed by atoms with Crippen LogP contribution in [0.2, 0.25) is 0 Å². The minimum atomic E-state index is -0.454. The highest BCUT2D eigenvalue weighted by atomic mass is 19.1. The number of nitriles is 1. The van der Waals surface area contributed by atoms with E-state index in [4.69, 9.17) is 4.74 Å². The molecule has 0 N–H and O–H groups in total. The third-order valence-corrected chi connectivity index (χ3v) is 4.31. The zero-order valence-corrected chi connectivity index (χ0v) is 12.9. The van der Waals surface area contributed by atoms with E-state index >= 15 is 0 Å². The van der Waals surface area contributed by atoms with Gasteiger partial charge in [-0.2, -0.15) is 10.4 Å². The van der Waals surface area contributed by atoms with Crippen LogP contribution in [-0.4, -0.2) is 21.4 Å². The molecule has 0 saturated carbocycles. The van der Waals surface area contributed by atoms with Crippen molar-refractivity contribution in [3.8, 4) is 17.3 Å². The molecule has 0 radical (unpaired) electrons. The molecule has 1 aromatic carbocycles. The summed E-state index contributed by atoms with van der Waals surface area (Å²) in [7, 11) is 0. The number of halogens is 1. The zero-order chi connectivity index (χ0) is 16.5. The van der Waals surface area contributed by atoms with E-state index in [9.17, 15) is 9.65 Å². The van der Waals surface area contributed by atoms with Crippen molar-refractivity contribution in [2.75, 3.05) is 6.61 Å². The third-order valence-electron chi connectivity index (χ3n) is 4.31. The van der Waals surface area contributed by atoms with Gasteiger partial charge < -0.3 is 4.74 Å². The summed E-state index contributed by atoms with van der Waals surface area (Å²) in [6.07, 6.45) is 5.86. The molecular formula is C18H15FN4O. The van der Waals surface area contributed by atoms with Crippen molar-refractivity contribution in [3.63, 3.8) is 0 Å². The van der Waals surface area contributed by atoms with Crippen LogP contribution in [0.4, 0.5) is 4.39 Å². The average Bonchev–Trinajstić information content (AvgIpc) is 3.10. The molecule has 2 aromatic heterocycles. The largest absolute Gasteiger partial charge is 0.356 e. The average molecular weight is 322 g/mol. The van der Waals surface area contributed by atoms with Crippen LogP contribution in [0, 0.1) is 17.1 Å². The Morgan fingerprint density at radius 2 is 2.21 bits per heavy atom. The van der Waals surface area contributed by atoms with Gasteiger partial charge in [0.15, 0.2) is 6.23 Å². The van der Waals surface area contributed by atoms with E-state index < -0.39 is 5.82 Å². The van der Waals surface area contributed by atoms with E-state index in [0.717, 1.165) is 19.3 Å². The van der Waals surface area contributed by atoms with Gasteiger partial charge >= 0.3 is 0 Å². The van der Waals surface area contributed by atoms with E-state index in [1.54, 1.807) is 35.3 Å². The molecule has 0 spiro atoms. The maximum atomic E-state index is 14.8. The highest BCUT2D eigenvalue weighted by Crippen LogP contribution is 2.34. The molecule has 1 unspecified atom stereocenters. The second kappa shape index (κ2) is 6.02. The van der Waals surface area contributed by atoms with Crippen molar-refractivity contribution >= 4 is 10.9 Å². The smallest absolute Gasteiger partial charge is 0.150 e. The van der Waals surface area contributed by atoms with Gasteiger partial charge in [-0.15, -0.1) is 0 Å². The molecule has 1 saturated heterocycles. The van der Waals surface area contributed by atoms with Crippen LogP contribution < -0.4 is 0 Å². The Bertz CT molecular complexity index is 938. The van der Waals surface area contributed by atoms with Crippen molar-refractivity contribution in [2.24, 2.45) is 0 Å². The van der Waals surface area contributed by atoms with Gasteiger partial charge in [0.05, 0.1) is 22.3 Å². The molecule has 6 heteroatoms. The summed E-state index contributed by atoms with van der Waals surface area (Å²) in [4.78, 5) is 4.26. The summed E-state index contributed by atoms with van der Waals surface area (Å²) in [5, 5.41) is 14.5. The molecule has 5 nitrogen and oxygen atoms in total. The summed E-state index contributed by atoms with van der Waals surface area (Å²) in [6, 6.07) is 8.71. The van der Waals surface area contributed by atoms with E-state index in [1.165, 1.54) is 6.07 Å². The Morgan fingerprint density at radius 3 is 3.00 bits per heavy atom. The molecule has 3 heterocycles. The fraction of sp³-hybridized carbons (Fsp3) is 0.278. The first-order valence-corrected chi connectivity index (χ1v) is 7.92. The lowest BCUT2D eigenvalue weighted by Crippen LogP contribution is -2.20. The molecule has 3 aromatic rings. The molecule has 0 amide bonds. The van der Waals surface area contributed by atoms with E-state index in [-0.39, 0.29) is 17.4 Å². The fourth-order valence-electron chi connectivity index (χ4n) is 3.21. The Balaban J connectivity index is 1.93. The summed E-state index contributed by atoms with van der Waals surface area (Å²) in [5.74, 6) is -0.454. The molecular weight excluding hydrogens is 307 g/mol. The van der Waals surface area contributed by atoms with Crippen LogP contribution in [-0.2, 0) is 4.74 Å². The summed E-state index contributed by atoms with van der Waals surface area (Å²) >= 11 is 0. The van der Waals surface area contributed by atoms with Crippen LogP contribution in [0.1, 0.15) is 31.1 Å². The third kappa shape index (κ3) is 2.34. The van der Waals surface area contributed by atoms with Gasteiger partial charge in [0.1, 0.15) is 11.9 Å². The number of hydrogen-bond donors (Lipinski definition) is 0. The van der Waals surface area contributed by atoms with Crippen molar-refractivity contribution < 1.29 is 9.13 Å². The van der Waals surface area contributed by atoms with Crippen molar-refractivity contribution in [1.29, 1.82) is 5.26 Å². The lowest BCUT2D eigenvalue weighted by atomic mass is 10.00. The number of aromatic nitrogens is 3. The first-order valence-electron chi connectivity index (χ1n) is 7.92. The molecule has 1 fully saturated rings. The number of fused-ring (bicyclic) bond motifs is 1. The lowest BCUT2D eigenvalue weighted by molar-refractivity contribution is -0.0383. The van der Waals surface area contributed by atoms with Gasteiger partial charge in [0, 0.05) is 24.4 Å². The number of rotatable bonds is 2. The highest BCUT2D eigenvalue weighted by molar-refractivity contribution is 5.91. The minimum absolute atomic E-state index is 0.225. The lowest BCUT2D eigenvalue weighted by Gasteiger charge is -2.25. The molecule has 1 atom stereocenters. The number of hydrogen-bond acceptors (Lipinski definition) is 4. The van der Waals surface area contributed by atoms with Crippen molar-refractivity contribution in [1.82, 2.24) is 14.8 Å². The number of benzene rings is 1. The van der Waals surface area contributed by atoms with Gasteiger partial charge in [-0.05, 0) is 37.5 Å². The Morgan fingerprint density at radius 1 is 1.29 bits per heavy atom. The van der Waals surface area contributed by atoms with Crippen LogP contribution in [0.5, 0.6) is 0 Å². The number of nitrogens with zero attached hydrogens (tertiary/aromatic N) is 4. The van der Waals surface area contributed by atoms with E-state index in [2.05, 4.69) is 16.2 Å². The van der Waals surface area contributed by atoms with E-state index in [1.807, 2.05) is 0 Å². The zero-order valence-electron chi connectivity index (χ0n) is 12.9. The maximum absolute atomic E-state index is 14.8. The normalized spacial score (nSPS) is 17.8. The van der Waals surface area contributed by atoms with Gasteiger partial charge in [-0.3, -0.25) is 4.98 Å². The van der Waals surface area contributed by atoms with E-state index in [0.29, 0.717) is 23.2 Å². The predicted molar refractivity (Wildman–Crippen MR) is 86.5 cm³/mol. The van der Waals surface area contributed by atoms with Crippen LogP contribution in [0.3, 0.4) is 0 Å². The first kappa shape index (κ1) is 14.8. The van der Waals surface area contributed by atoms with Crippen molar-refractivity contribution in [3.05, 3.63) is 48.0 Å². The Labute approximate surface area is 138 Å². The molecule has 0 bridgehead atoms. The summed E-state index contributed by atoms with van der Waals surface area (Å²) in [6.45, 7) is 0.664. The van der Waals surface area contributed by atoms with Gasteiger partial charge in [-0.25, -0.2) is 9.07 Å². The predicted octanol–water partition coefficient (Wildman–Crippen LogP) is 3.81. The Hall–Kier alpha value is -2.78. The van der Waals surface area contributed by atoms with Crippen LogP contribution in [0.15, 0.2) is 36.7 Å². The summed E-state index contributed by atoms with van der Waals surface area (Å²) < 4.78 is 22.3. The van der Waals surface area contributed by atoms with Crippen LogP contribution >= 0.6 is 0 Å². The number of pyridine rings is 1. The maximum Gasteiger partial charge on any atom is 0.150 e. The number of ether oxygens (including phenoxy) is 1. The molecule has 24 heavy (non-hydrogen) atoms. The Kier molecular flexibility index (Phi) is 3.71. The SMILES string of the molecule is N#Cc1c(-c2ccnn2C2CCCCO2)c(F)cc2cccnc12. The molecule has 1 aliphatic rings. The first-order chi connectivity index (χ1) is 11.8. The molecule has 120 valence electrons.